The predicted molar refractivity (Wildman–Crippen MR) is 56.9 cm³/mol. The van der Waals surface area contributed by atoms with E-state index in [1.807, 2.05) is 0 Å². The maximum absolute atomic E-state index is 10.7. The van der Waals surface area contributed by atoms with Crippen molar-refractivity contribution in [3.63, 3.8) is 0 Å². The normalized spacial score (nSPS) is 11.6. The smallest absolute Gasteiger partial charge is 0.404 e. The molecule has 8 heteroatoms. The van der Waals surface area contributed by atoms with Gasteiger partial charge in [0, 0.05) is 5.56 Å². The van der Waals surface area contributed by atoms with Gasteiger partial charge in [-0.1, -0.05) is 6.07 Å². The van der Waals surface area contributed by atoms with Crippen molar-refractivity contribution in [2.75, 3.05) is 0 Å². The Balaban J connectivity index is 3.28. The zero-order valence-electron chi connectivity index (χ0n) is 8.78. The van der Waals surface area contributed by atoms with Gasteiger partial charge in [0.2, 0.25) is 0 Å². The Kier molecular flexibility index (Phi) is 4.64. The number of phosphoric ester groups is 1. The van der Waals surface area contributed by atoms with Gasteiger partial charge in [-0.25, -0.2) is 4.57 Å². The van der Waals surface area contributed by atoms with Gasteiger partial charge in [-0.15, -0.1) is 0 Å². The third kappa shape index (κ3) is 3.50. The number of aliphatic hydroxyl groups excluding tert-OH is 3. The Bertz CT molecular complexity index is 439. The summed E-state index contributed by atoms with van der Waals surface area (Å²) < 4.78 is 15.1. The lowest BCUT2D eigenvalue weighted by Crippen LogP contribution is -2.04. The molecule has 0 aliphatic carbocycles. The minimum atomic E-state index is -4.74. The fourth-order valence-electron chi connectivity index (χ4n) is 1.45. The van der Waals surface area contributed by atoms with E-state index < -0.39 is 21.0 Å². The third-order valence-corrected chi connectivity index (χ3v) is 2.62. The van der Waals surface area contributed by atoms with Crippen LogP contribution in [0, 0.1) is 0 Å². The number of rotatable bonds is 5. The van der Waals surface area contributed by atoms with Crippen LogP contribution in [0.1, 0.15) is 16.7 Å². The van der Waals surface area contributed by atoms with E-state index in [-0.39, 0.29) is 23.5 Å². The largest absolute Gasteiger partial charge is 0.524 e. The second kappa shape index (κ2) is 5.59. The highest BCUT2D eigenvalue weighted by molar-refractivity contribution is 7.46. The van der Waals surface area contributed by atoms with Crippen LogP contribution in [0.25, 0.3) is 0 Å². The molecule has 1 aromatic carbocycles. The van der Waals surface area contributed by atoms with Crippen molar-refractivity contribution in [1.29, 1.82) is 0 Å². The van der Waals surface area contributed by atoms with Crippen LogP contribution < -0.4 is 4.52 Å². The molecule has 0 bridgehead atoms. The summed E-state index contributed by atoms with van der Waals surface area (Å²) in [7, 11) is -4.74. The topological polar surface area (TPSA) is 127 Å². The first-order valence-electron chi connectivity index (χ1n) is 4.64. The van der Waals surface area contributed by atoms with Gasteiger partial charge in [-0.3, -0.25) is 9.79 Å². The molecule has 17 heavy (non-hydrogen) atoms. The lowest BCUT2D eigenvalue weighted by Gasteiger charge is -2.15. The minimum Gasteiger partial charge on any atom is -0.404 e. The summed E-state index contributed by atoms with van der Waals surface area (Å²) in [5.41, 5.74) is 0.595. The second-order valence-electron chi connectivity index (χ2n) is 3.24. The predicted octanol–water partition coefficient (Wildman–Crippen LogP) is -0.365. The van der Waals surface area contributed by atoms with Gasteiger partial charge >= 0.3 is 7.82 Å². The molecule has 0 atom stereocenters. The van der Waals surface area contributed by atoms with Gasteiger partial charge < -0.3 is 19.8 Å². The van der Waals surface area contributed by atoms with Gasteiger partial charge in [-0.2, -0.15) is 0 Å². The maximum Gasteiger partial charge on any atom is 0.524 e. The molecule has 0 heterocycles. The molecule has 0 saturated heterocycles. The number of aliphatic hydroxyl groups is 3. The summed E-state index contributed by atoms with van der Waals surface area (Å²) in [6.45, 7) is -1.41. The number of hydrogen-bond acceptors (Lipinski definition) is 5. The maximum atomic E-state index is 10.7. The Labute approximate surface area is 97.2 Å². The second-order valence-corrected chi connectivity index (χ2v) is 4.40. The fourth-order valence-corrected chi connectivity index (χ4v) is 1.88. The van der Waals surface area contributed by atoms with Crippen LogP contribution in [0.3, 0.4) is 0 Å². The van der Waals surface area contributed by atoms with Gasteiger partial charge in [0.05, 0.1) is 19.8 Å². The summed E-state index contributed by atoms with van der Waals surface area (Å²) in [4.78, 5) is 17.4. The molecule has 0 amide bonds. The van der Waals surface area contributed by atoms with Crippen LogP contribution in [0.15, 0.2) is 12.1 Å². The minimum absolute atomic E-state index is 0.0439. The average Bonchev–Trinajstić information content (AvgIpc) is 2.26. The Morgan fingerprint density at radius 1 is 1.00 bits per heavy atom. The first-order valence-corrected chi connectivity index (χ1v) is 6.17. The zero-order valence-corrected chi connectivity index (χ0v) is 9.67. The lowest BCUT2D eigenvalue weighted by atomic mass is 10.0. The van der Waals surface area contributed by atoms with Crippen LogP contribution in [0.2, 0.25) is 0 Å². The molecule has 0 radical (unpaired) electrons. The Morgan fingerprint density at radius 2 is 1.59 bits per heavy atom. The Morgan fingerprint density at radius 3 is 2.00 bits per heavy atom. The van der Waals surface area contributed by atoms with Gasteiger partial charge in [0.1, 0.15) is 5.75 Å². The molecule has 0 unspecified atom stereocenters. The van der Waals surface area contributed by atoms with Crippen LogP contribution >= 0.6 is 7.82 Å². The SMILES string of the molecule is O=P(O)(O)Oc1ccc(CO)c(CO)c1CO. The molecule has 0 fully saturated rings. The highest BCUT2D eigenvalue weighted by atomic mass is 31.2. The highest BCUT2D eigenvalue weighted by Gasteiger charge is 2.20. The number of phosphoric acid groups is 1. The first-order chi connectivity index (χ1) is 7.92. The monoisotopic (exact) mass is 264 g/mol. The van der Waals surface area contributed by atoms with Crippen LogP contribution in [-0.2, 0) is 24.4 Å². The lowest BCUT2D eigenvalue weighted by molar-refractivity contribution is 0.241. The molecule has 0 aromatic heterocycles. The summed E-state index contributed by atoms with van der Waals surface area (Å²) in [5, 5.41) is 27.2. The average molecular weight is 264 g/mol. The van der Waals surface area contributed by atoms with Crippen LogP contribution in [-0.4, -0.2) is 25.1 Å². The molecular formula is C9H13O7P. The molecule has 0 aliphatic rings. The van der Waals surface area contributed by atoms with E-state index in [1.54, 1.807) is 0 Å². The molecule has 0 aliphatic heterocycles. The first kappa shape index (κ1) is 14.1. The standard InChI is InChI=1S/C9H13O7P/c10-3-6-1-2-9(16-17(13,14)15)8(5-12)7(6)4-11/h1-2,10-12H,3-5H2,(H2,13,14,15). The van der Waals surface area contributed by atoms with E-state index in [0.717, 1.165) is 0 Å². The van der Waals surface area contributed by atoms with E-state index in [2.05, 4.69) is 4.52 Å². The third-order valence-electron chi connectivity index (χ3n) is 2.19. The zero-order chi connectivity index (χ0) is 13.1. The quantitative estimate of drug-likeness (QED) is 0.459. The van der Waals surface area contributed by atoms with E-state index in [1.165, 1.54) is 12.1 Å². The molecule has 1 aromatic rings. The van der Waals surface area contributed by atoms with Crippen molar-refractivity contribution < 1.29 is 34.2 Å². The van der Waals surface area contributed by atoms with Crippen LogP contribution in [0.4, 0.5) is 0 Å². The van der Waals surface area contributed by atoms with E-state index in [4.69, 9.17) is 25.1 Å². The molecule has 0 spiro atoms. The summed E-state index contributed by atoms with van der Waals surface area (Å²) >= 11 is 0. The molecule has 1 rings (SSSR count). The van der Waals surface area contributed by atoms with Crippen molar-refractivity contribution in [2.45, 2.75) is 19.8 Å². The number of benzene rings is 1. The molecule has 0 saturated carbocycles. The fraction of sp³-hybridized carbons (Fsp3) is 0.333. The van der Waals surface area contributed by atoms with Crippen molar-refractivity contribution in [1.82, 2.24) is 0 Å². The van der Waals surface area contributed by atoms with Gasteiger partial charge in [0.15, 0.2) is 0 Å². The molecule has 7 nitrogen and oxygen atoms in total. The van der Waals surface area contributed by atoms with Crippen molar-refractivity contribution >= 4 is 7.82 Å². The van der Waals surface area contributed by atoms with E-state index in [0.29, 0.717) is 5.56 Å². The molecule has 5 N–H and O–H groups in total. The van der Waals surface area contributed by atoms with Crippen molar-refractivity contribution in [3.05, 3.63) is 28.8 Å². The van der Waals surface area contributed by atoms with Crippen LogP contribution in [0.5, 0.6) is 5.75 Å². The molecular weight excluding hydrogens is 251 g/mol. The van der Waals surface area contributed by atoms with Crippen molar-refractivity contribution in [2.24, 2.45) is 0 Å². The summed E-state index contributed by atoms with van der Waals surface area (Å²) in [5.74, 6) is -0.220. The van der Waals surface area contributed by atoms with E-state index >= 15 is 0 Å². The van der Waals surface area contributed by atoms with Gasteiger partial charge in [-0.05, 0) is 17.2 Å². The van der Waals surface area contributed by atoms with Gasteiger partial charge in [0.25, 0.3) is 0 Å². The highest BCUT2D eigenvalue weighted by Crippen LogP contribution is 2.40. The van der Waals surface area contributed by atoms with Crippen molar-refractivity contribution in [3.8, 4) is 5.75 Å². The number of hydrogen-bond donors (Lipinski definition) is 5. The summed E-state index contributed by atoms with van der Waals surface area (Å²) in [6.07, 6.45) is 0. The summed E-state index contributed by atoms with van der Waals surface area (Å²) in [6, 6.07) is 2.57. The Hall–Kier alpha value is -0.950. The molecule has 96 valence electrons. The van der Waals surface area contributed by atoms with E-state index in [9.17, 15) is 4.57 Å².